The van der Waals surface area contributed by atoms with Crippen LogP contribution in [0.3, 0.4) is 0 Å². The van der Waals surface area contributed by atoms with Gasteiger partial charge in [-0.2, -0.15) is 0 Å². The Bertz CT molecular complexity index is 668. The van der Waals surface area contributed by atoms with Crippen molar-refractivity contribution in [3.8, 4) is 0 Å². The van der Waals surface area contributed by atoms with Crippen LogP contribution >= 0.6 is 0 Å². The molecule has 4 rings (SSSR count). The predicted molar refractivity (Wildman–Crippen MR) is 115 cm³/mol. The number of aromatic carboxylic acids is 2. The lowest BCUT2D eigenvalue weighted by molar-refractivity contribution is 0.0689. The van der Waals surface area contributed by atoms with Gasteiger partial charge in [-0.05, 0) is 74.0 Å². The highest BCUT2D eigenvalue weighted by molar-refractivity contribution is 5.97. The maximum absolute atomic E-state index is 11.9. The molecule has 2 N–H and O–H groups in total. The van der Waals surface area contributed by atoms with Crippen LogP contribution in [0.2, 0.25) is 0 Å². The third kappa shape index (κ3) is 5.49. The van der Waals surface area contributed by atoms with E-state index >= 15 is 0 Å². The highest BCUT2D eigenvalue weighted by atomic mass is 16.4. The predicted octanol–water partition coefficient (Wildman–Crippen LogP) is 6.66. The summed E-state index contributed by atoms with van der Waals surface area (Å²) in [6.45, 7) is 0. The Hall–Kier alpha value is -2.10. The molecule has 4 heteroatoms. The van der Waals surface area contributed by atoms with E-state index in [1.54, 1.807) is 18.2 Å². The van der Waals surface area contributed by atoms with Crippen molar-refractivity contribution in [2.75, 3.05) is 0 Å². The van der Waals surface area contributed by atoms with Crippen molar-refractivity contribution in [3.05, 3.63) is 47.0 Å². The molecule has 2 saturated carbocycles. The molecule has 0 spiro atoms. The third-order valence-electron chi connectivity index (χ3n) is 6.88. The second-order valence-electron chi connectivity index (χ2n) is 8.75. The molecule has 3 aliphatic rings. The molecule has 0 aromatic heterocycles. The molecule has 0 unspecified atom stereocenters. The molecule has 0 saturated heterocycles. The zero-order chi connectivity index (χ0) is 20.6. The van der Waals surface area contributed by atoms with E-state index in [1.165, 1.54) is 51.4 Å². The normalized spacial score (nSPS) is 19.9. The van der Waals surface area contributed by atoms with Crippen LogP contribution in [-0.2, 0) is 0 Å². The molecular formula is C25H34O4. The number of benzene rings is 1. The van der Waals surface area contributed by atoms with Gasteiger partial charge in [0.1, 0.15) is 0 Å². The van der Waals surface area contributed by atoms with Crippen LogP contribution in [0.1, 0.15) is 109 Å². The molecule has 0 radical (unpaired) electrons. The fourth-order valence-electron chi connectivity index (χ4n) is 5.31. The summed E-state index contributed by atoms with van der Waals surface area (Å²) in [4.78, 5) is 23.7. The van der Waals surface area contributed by atoms with Gasteiger partial charge in [-0.25, -0.2) is 9.59 Å². The summed E-state index contributed by atoms with van der Waals surface area (Å²) in [6.07, 6.45) is 18.5. The molecule has 29 heavy (non-hydrogen) atoms. The number of hydrogen-bond donors (Lipinski definition) is 2. The Morgan fingerprint density at radius 1 is 0.724 bits per heavy atom. The zero-order valence-electron chi connectivity index (χ0n) is 17.3. The largest absolute Gasteiger partial charge is 0.478 e. The zero-order valence-corrected chi connectivity index (χ0v) is 17.3. The first-order valence-corrected chi connectivity index (χ1v) is 11.3. The van der Waals surface area contributed by atoms with Gasteiger partial charge in [0.15, 0.2) is 0 Å². The van der Waals surface area contributed by atoms with Gasteiger partial charge >= 0.3 is 11.9 Å². The van der Waals surface area contributed by atoms with Gasteiger partial charge in [0.25, 0.3) is 0 Å². The van der Waals surface area contributed by atoms with Crippen LogP contribution in [0.5, 0.6) is 0 Å². The van der Waals surface area contributed by atoms with Gasteiger partial charge in [-0.3, -0.25) is 0 Å². The van der Waals surface area contributed by atoms with E-state index in [1.807, 2.05) is 0 Å². The Balaban J connectivity index is 0.000000536. The Morgan fingerprint density at radius 2 is 1.10 bits per heavy atom. The van der Waals surface area contributed by atoms with E-state index in [0.29, 0.717) is 17.4 Å². The molecule has 1 aromatic carbocycles. The van der Waals surface area contributed by atoms with Gasteiger partial charge in [0.2, 0.25) is 0 Å². The molecule has 1 aromatic rings. The fourth-order valence-corrected chi connectivity index (χ4v) is 5.31. The minimum absolute atomic E-state index is 0.0685. The maximum atomic E-state index is 11.9. The highest BCUT2D eigenvalue weighted by Crippen LogP contribution is 2.47. The molecule has 0 atom stereocenters. The second-order valence-corrected chi connectivity index (χ2v) is 8.75. The lowest BCUT2D eigenvalue weighted by atomic mass is 9.65. The number of hydrogen-bond acceptors (Lipinski definition) is 2. The first-order valence-electron chi connectivity index (χ1n) is 11.3. The van der Waals surface area contributed by atoms with Crippen LogP contribution in [0, 0.1) is 11.8 Å². The number of carboxylic acids is 2. The molecule has 0 bridgehead atoms. The molecule has 4 nitrogen and oxygen atoms in total. The van der Waals surface area contributed by atoms with Gasteiger partial charge < -0.3 is 10.2 Å². The maximum Gasteiger partial charge on any atom is 0.335 e. The van der Waals surface area contributed by atoms with E-state index in [-0.39, 0.29) is 17.0 Å². The smallest absolute Gasteiger partial charge is 0.335 e. The summed E-state index contributed by atoms with van der Waals surface area (Å²) in [7, 11) is 0. The van der Waals surface area contributed by atoms with Crippen molar-refractivity contribution in [2.24, 2.45) is 11.8 Å². The lowest BCUT2D eigenvalue weighted by Crippen LogP contribution is -2.29. The average Bonchev–Trinajstić information content (AvgIpc) is 2.68. The molecule has 2 fully saturated rings. The summed E-state index contributed by atoms with van der Waals surface area (Å²) in [5.41, 5.74) is 0.989. The van der Waals surface area contributed by atoms with Crippen LogP contribution < -0.4 is 0 Å². The van der Waals surface area contributed by atoms with Gasteiger partial charge in [0.05, 0.1) is 11.1 Å². The number of allylic oxidation sites excluding steroid dienone is 2. The number of carbonyl (C=O) groups is 2. The monoisotopic (exact) mass is 398 g/mol. The van der Waals surface area contributed by atoms with Crippen LogP contribution in [0.4, 0.5) is 0 Å². The number of carboxylic acid groups (broad SMARTS) is 2. The van der Waals surface area contributed by atoms with E-state index in [9.17, 15) is 19.8 Å². The first-order chi connectivity index (χ1) is 14.1. The van der Waals surface area contributed by atoms with Crippen molar-refractivity contribution in [1.29, 1.82) is 0 Å². The molecular weight excluding hydrogens is 364 g/mol. The molecule has 0 amide bonds. The van der Waals surface area contributed by atoms with Crippen molar-refractivity contribution in [3.63, 3.8) is 0 Å². The topological polar surface area (TPSA) is 74.6 Å². The van der Waals surface area contributed by atoms with Crippen LogP contribution in [0.15, 0.2) is 30.4 Å². The molecule has 158 valence electrons. The van der Waals surface area contributed by atoms with Crippen molar-refractivity contribution in [2.45, 2.75) is 83.0 Å². The lowest BCUT2D eigenvalue weighted by Gasteiger charge is -2.39. The second kappa shape index (κ2) is 10.6. The fraction of sp³-hybridized carbons (Fsp3) is 0.600. The third-order valence-corrected chi connectivity index (χ3v) is 6.88. The Morgan fingerprint density at radius 3 is 1.41 bits per heavy atom. The van der Waals surface area contributed by atoms with Crippen molar-refractivity contribution >= 4 is 11.9 Å². The highest BCUT2D eigenvalue weighted by Gasteiger charge is 2.37. The van der Waals surface area contributed by atoms with Crippen LogP contribution in [0.25, 0.3) is 0 Å². The van der Waals surface area contributed by atoms with Gasteiger partial charge in [0, 0.05) is 0 Å². The Labute approximate surface area is 174 Å². The minimum atomic E-state index is -1.00. The molecule has 3 aliphatic carbocycles. The van der Waals surface area contributed by atoms with Gasteiger partial charge in [-0.15, -0.1) is 0 Å². The summed E-state index contributed by atoms with van der Waals surface area (Å²) in [5, 5.41) is 19.4. The van der Waals surface area contributed by atoms with Crippen molar-refractivity contribution < 1.29 is 19.8 Å². The SMILES string of the molecule is C1=CCC1.O=C(O)c1cccc(C(=O)O)c1C(C1CCCCC1)C1CCCCC1. The summed E-state index contributed by atoms with van der Waals surface area (Å²) in [6, 6.07) is 4.74. The molecule has 0 aliphatic heterocycles. The van der Waals surface area contributed by atoms with E-state index in [4.69, 9.17) is 0 Å². The van der Waals surface area contributed by atoms with E-state index < -0.39 is 11.9 Å². The quantitative estimate of drug-likeness (QED) is 0.544. The van der Waals surface area contributed by atoms with E-state index in [0.717, 1.165) is 25.7 Å². The summed E-state index contributed by atoms with van der Waals surface area (Å²) in [5.74, 6) is -1.12. The average molecular weight is 399 g/mol. The Kier molecular flexibility index (Phi) is 7.91. The van der Waals surface area contributed by atoms with Crippen LogP contribution in [-0.4, -0.2) is 22.2 Å². The summed E-state index contributed by atoms with van der Waals surface area (Å²) < 4.78 is 0. The summed E-state index contributed by atoms with van der Waals surface area (Å²) >= 11 is 0. The number of rotatable bonds is 5. The van der Waals surface area contributed by atoms with E-state index in [2.05, 4.69) is 12.2 Å². The van der Waals surface area contributed by atoms with Gasteiger partial charge in [-0.1, -0.05) is 56.7 Å². The minimum Gasteiger partial charge on any atom is -0.478 e. The van der Waals surface area contributed by atoms with Crippen molar-refractivity contribution in [1.82, 2.24) is 0 Å². The molecule has 0 heterocycles. The standard InChI is InChI=1S/C21H28O4.C4H6/c22-20(23)16-12-7-13-17(21(24)25)19(16)18(14-8-3-1-4-9-14)15-10-5-2-6-11-15;1-2-4-3-1/h7,12-15,18H,1-6,8-11H2,(H,22,23)(H,24,25);1-2H,3-4H2. The first kappa shape index (κ1) is 21.6.